The maximum absolute atomic E-state index is 11.1. The second kappa shape index (κ2) is 5.11. The molecule has 0 unspecified atom stereocenters. The molecule has 0 fully saturated rings. The topological polar surface area (TPSA) is 57.5 Å². The Balaban J connectivity index is 0.00000169. The molecule has 1 aromatic carbocycles. The molecule has 0 spiro atoms. The molecule has 3 nitrogen and oxygen atoms in total. The molecule has 1 rings (SSSR count). The second-order valence-corrected chi connectivity index (χ2v) is 4.83. The van der Waals surface area contributed by atoms with Crippen molar-refractivity contribution in [2.24, 2.45) is 0 Å². The van der Waals surface area contributed by atoms with Crippen LogP contribution in [0.2, 0.25) is 0 Å². The van der Waals surface area contributed by atoms with Crippen molar-refractivity contribution in [2.75, 3.05) is 0 Å². The Morgan fingerprint density at radius 1 is 1.21 bits per heavy atom. The first-order chi connectivity index (χ1) is 5.93. The van der Waals surface area contributed by atoms with Crippen LogP contribution < -0.4 is 5.30 Å². The van der Waals surface area contributed by atoms with Gasteiger partial charge in [0.05, 0.1) is 5.30 Å². The summed E-state index contributed by atoms with van der Waals surface area (Å²) in [5.41, 5.74) is 0.718. The molecule has 83 valence electrons. The molecule has 5 heteroatoms. The Morgan fingerprint density at radius 2 is 1.71 bits per heavy atom. The summed E-state index contributed by atoms with van der Waals surface area (Å²) in [7, 11) is -4.11. The van der Waals surface area contributed by atoms with Crippen LogP contribution in [0.5, 0.6) is 0 Å². The molecule has 0 bridgehead atoms. The Bertz CT molecular complexity index is 346. The summed E-state index contributed by atoms with van der Waals surface area (Å²) in [4.78, 5) is 18.1. The van der Waals surface area contributed by atoms with E-state index in [1.54, 1.807) is 18.2 Å². The van der Waals surface area contributed by atoms with Gasteiger partial charge in [-0.15, -0.1) is 0 Å². The molecule has 14 heavy (non-hydrogen) atoms. The van der Waals surface area contributed by atoms with Crippen molar-refractivity contribution in [1.82, 2.24) is 0 Å². The smallest absolute Gasteiger partial charge is 0.321 e. The zero-order chi connectivity index (χ0) is 10.1. The van der Waals surface area contributed by atoms with E-state index in [0.29, 0.717) is 0 Å². The molecule has 0 saturated carbocycles. The first-order valence-electron chi connectivity index (χ1n) is 4.08. The molecule has 1 radical (unpaired) electrons. The van der Waals surface area contributed by atoms with Crippen molar-refractivity contribution in [3.63, 3.8) is 0 Å². The van der Waals surface area contributed by atoms with Crippen molar-refractivity contribution in [1.29, 1.82) is 0 Å². The van der Waals surface area contributed by atoms with E-state index in [1.165, 1.54) is 6.07 Å². The molecule has 0 heterocycles. The summed E-state index contributed by atoms with van der Waals surface area (Å²) in [5, 5.41) is 0.144. The first-order valence-corrected chi connectivity index (χ1v) is 5.69. The molecule has 0 aliphatic rings. The van der Waals surface area contributed by atoms with Crippen LogP contribution in [0.1, 0.15) is 25.3 Å². The van der Waals surface area contributed by atoms with Gasteiger partial charge in [-0.2, -0.15) is 0 Å². The molecular weight excluding hydrogens is 251 g/mol. The van der Waals surface area contributed by atoms with Gasteiger partial charge >= 0.3 is 7.60 Å². The Morgan fingerprint density at radius 3 is 2.07 bits per heavy atom. The quantitative estimate of drug-likeness (QED) is 0.630. The first kappa shape index (κ1) is 13.9. The van der Waals surface area contributed by atoms with Crippen LogP contribution in [0.15, 0.2) is 24.3 Å². The number of benzene rings is 1. The van der Waals surface area contributed by atoms with Crippen molar-refractivity contribution < 1.29 is 31.4 Å². The van der Waals surface area contributed by atoms with E-state index in [9.17, 15) is 4.57 Å². The van der Waals surface area contributed by atoms with Crippen LogP contribution in [0.3, 0.4) is 0 Å². The van der Waals surface area contributed by atoms with Gasteiger partial charge in [0.15, 0.2) is 0 Å². The minimum absolute atomic E-state index is 0. The Labute approximate surface area is 94.2 Å². The maximum atomic E-state index is 11.1. The molecule has 0 aliphatic carbocycles. The van der Waals surface area contributed by atoms with Gasteiger partial charge < -0.3 is 9.79 Å². The summed E-state index contributed by atoms with van der Waals surface area (Å²) in [6.07, 6.45) is 0. The van der Waals surface area contributed by atoms with Gasteiger partial charge in [-0.3, -0.25) is 4.57 Å². The van der Waals surface area contributed by atoms with Crippen LogP contribution >= 0.6 is 7.60 Å². The molecule has 0 amide bonds. The van der Waals surface area contributed by atoms with E-state index in [1.807, 2.05) is 13.8 Å². The predicted molar refractivity (Wildman–Crippen MR) is 52.2 cm³/mol. The van der Waals surface area contributed by atoms with Crippen LogP contribution in [-0.2, 0) is 21.6 Å². The van der Waals surface area contributed by atoms with Gasteiger partial charge in [0.2, 0.25) is 0 Å². The summed E-state index contributed by atoms with van der Waals surface area (Å²) in [5.74, 6) is 0.129. The zero-order valence-electron chi connectivity index (χ0n) is 7.94. The summed E-state index contributed by atoms with van der Waals surface area (Å²) in [6, 6.07) is 6.66. The van der Waals surface area contributed by atoms with Crippen LogP contribution in [0.4, 0.5) is 0 Å². The molecule has 0 aromatic heterocycles. The van der Waals surface area contributed by atoms with E-state index in [4.69, 9.17) is 9.79 Å². The fourth-order valence-electron chi connectivity index (χ4n) is 1.24. The molecule has 0 atom stereocenters. The van der Waals surface area contributed by atoms with Crippen LogP contribution in [0, 0.1) is 0 Å². The Kier molecular flexibility index (Phi) is 5.07. The van der Waals surface area contributed by atoms with E-state index in [0.717, 1.165) is 5.56 Å². The minimum Gasteiger partial charge on any atom is -0.321 e. The van der Waals surface area contributed by atoms with Gasteiger partial charge in [-0.05, 0) is 17.5 Å². The van der Waals surface area contributed by atoms with Gasteiger partial charge in [-0.1, -0.05) is 32.0 Å². The van der Waals surface area contributed by atoms with Gasteiger partial charge in [0.1, 0.15) is 0 Å². The monoisotopic (exact) mass is 263 g/mol. The predicted octanol–water partition coefficient (Wildman–Crippen LogP) is 1.61. The molecule has 1 aromatic rings. The van der Waals surface area contributed by atoms with E-state index in [-0.39, 0.29) is 28.3 Å². The Hall–Kier alpha value is -0.111. The fourth-order valence-corrected chi connectivity index (χ4v) is 2.19. The fraction of sp³-hybridized carbons (Fsp3) is 0.333. The van der Waals surface area contributed by atoms with E-state index >= 15 is 0 Å². The zero-order valence-corrected chi connectivity index (χ0v) is 9.77. The molecule has 0 aliphatic heterocycles. The summed E-state index contributed by atoms with van der Waals surface area (Å²) in [6.45, 7) is 3.82. The summed E-state index contributed by atoms with van der Waals surface area (Å²) >= 11 is 0. The van der Waals surface area contributed by atoms with Crippen molar-refractivity contribution in [2.45, 2.75) is 19.8 Å². The number of hydrogen-bond donors (Lipinski definition) is 2. The second-order valence-electron chi connectivity index (χ2n) is 3.26. The largest absolute Gasteiger partial charge is 0.356 e. The normalized spacial score (nSPS) is 11.2. The summed E-state index contributed by atoms with van der Waals surface area (Å²) < 4.78 is 11.1. The average molecular weight is 264 g/mol. The van der Waals surface area contributed by atoms with Crippen molar-refractivity contribution in [3.8, 4) is 0 Å². The van der Waals surface area contributed by atoms with E-state index < -0.39 is 7.60 Å². The van der Waals surface area contributed by atoms with Crippen molar-refractivity contribution in [3.05, 3.63) is 29.8 Å². The number of rotatable bonds is 2. The number of hydrogen-bond acceptors (Lipinski definition) is 1. The van der Waals surface area contributed by atoms with Crippen LogP contribution in [0.25, 0.3) is 0 Å². The molecular formula is C9H13CuO3P. The van der Waals surface area contributed by atoms with E-state index in [2.05, 4.69) is 0 Å². The van der Waals surface area contributed by atoms with Crippen molar-refractivity contribution >= 4 is 12.9 Å². The molecule has 0 saturated heterocycles. The van der Waals surface area contributed by atoms with Gasteiger partial charge in [-0.25, -0.2) is 0 Å². The van der Waals surface area contributed by atoms with Gasteiger partial charge in [0, 0.05) is 17.1 Å². The third kappa shape index (κ3) is 3.23. The van der Waals surface area contributed by atoms with Gasteiger partial charge in [0.25, 0.3) is 0 Å². The molecule has 2 N–H and O–H groups in total. The standard InChI is InChI=1S/C9H13O3P.Cu/c1-7(2)8-5-3-4-6-9(8)13(10,11)12;/h3-7H,1-2H3,(H2,10,11,12);. The third-order valence-electron chi connectivity index (χ3n) is 1.87. The van der Waals surface area contributed by atoms with Crippen LogP contribution in [-0.4, -0.2) is 9.79 Å². The third-order valence-corrected chi connectivity index (χ3v) is 2.91. The SMILES string of the molecule is CC(C)c1ccccc1P(=O)(O)O.[Cu]. The maximum Gasteiger partial charge on any atom is 0.356 e. The minimum atomic E-state index is -4.11. The average Bonchev–Trinajstić information content (AvgIpc) is 2.03.